The molecule has 2 N–H and O–H groups in total. The van der Waals surface area contributed by atoms with Gasteiger partial charge in [-0.1, -0.05) is 68.1 Å². The van der Waals surface area contributed by atoms with Crippen LogP contribution >= 0.6 is 0 Å². The maximum Gasteiger partial charge on any atom is 0.321 e. The molecule has 0 spiro atoms. The van der Waals surface area contributed by atoms with Gasteiger partial charge in [0.2, 0.25) is 6.17 Å². The zero-order valence-corrected chi connectivity index (χ0v) is 16.8. The largest absolute Gasteiger partial charge is 0.321 e. The Labute approximate surface area is 182 Å². The molecule has 3 aromatic rings. The molecule has 0 aliphatic carbocycles. The number of hydrogen-bond donors (Lipinski definition) is 2. The molecule has 3 amide bonds. The van der Waals surface area contributed by atoms with Crippen LogP contribution in [-0.2, 0) is 4.79 Å². The summed E-state index contributed by atoms with van der Waals surface area (Å²) in [7, 11) is 1.69. The number of anilines is 2. The monoisotopic (exact) mass is 414 g/mol. The average Bonchev–Trinajstić information content (AvgIpc) is 2.85. The second-order valence-corrected chi connectivity index (χ2v) is 7.13. The molecule has 0 saturated carbocycles. The molecular weight excluding hydrogens is 388 g/mol. The predicted octanol–water partition coefficient (Wildman–Crippen LogP) is 4.59. The Morgan fingerprint density at radius 3 is 2.42 bits per heavy atom. The van der Waals surface area contributed by atoms with Crippen LogP contribution in [0.2, 0.25) is 0 Å². The van der Waals surface area contributed by atoms with Crippen molar-refractivity contribution in [2.24, 2.45) is 4.99 Å². The fourth-order valence-electron chi connectivity index (χ4n) is 3.46. The lowest BCUT2D eigenvalue weighted by Gasteiger charge is -2.21. The first kappa shape index (κ1) is 21.8. The van der Waals surface area contributed by atoms with Gasteiger partial charge in [-0.15, -0.1) is 0 Å². The molecule has 0 saturated heterocycles. The van der Waals surface area contributed by atoms with Crippen molar-refractivity contribution in [2.45, 2.75) is 20.5 Å². The van der Waals surface area contributed by atoms with E-state index in [-0.39, 0.29) is 13.3 Å². The van der Waals surface area contributed by atoms with Crippen LogP contribution in [0.25, 0.3) is 0 Å². The third kappa shape index (κ3) is 4.64. The molecular formula is C25H26N4O2. The van der Waals surface area contributed by atoms with Crippen LogP contribution < -0.4 is 15.5 Å². The Balaban J connectivity index is 0.00000272. The van der Waals surface area contributed by atoms with Gasteiger partial charge < -0.3 is 15.5 Å². The van der Waals surface area contributed by atoms with Crippen molar-refractivity contribution in [1.82, 2.24) is 5.32 Å². The third-order valence-corrected chi connectivity index (χ3v) is 4.93. The number of rotatable bonds is 3. The fraction of sp³-hybridized carbons (Fsp3) is 0.160. The number of aliphatic imine (C=N–C) groups is 1. The van der Waals surface area contributed by atoms with Crippen LogP contribution in [0.1, 0.15) is 24.1 Å². The smallest absolute Gasteiger partial charge is 0.311 e. The first-order valence-corrected chi connectivity index (χ1v) is 9.67. The van der Waals surface area contributed by atoms with Crippen molar-refractivity contribution in [3.8, 4) is 0 Å². The van der Waals surface area contributed by atoms with Gasteiger partial charge in [0.1, 0.15) is 0 Å². The van der Waals surface area contributed by atoms with Crippen molar-refractivity contribution < 1.29 is 9.59 Å². The van der Waals surface area contributed by atoms with Crippen molar-refractivity contribution in [2.75, 3.05) is 17.3 Å². The topological polar surface area (TPSA) is 73.8 Å². The van der Waals surface area contributed by atoms with E-state index in [1.807, 2.05) is 79.7 Å². The highest BCUT2D eigenvalue weighted by atomic mass is 16.2. The molecule has 158 valence electrons. The second kappa shape index (κ2) is 9.26. The van der Waals surface area contributed by atoms with Gasteiger partial charge in [-0.2, -0.15) is 0 Å². The minimum Gasteiger partial charge on any atom is -0.311 e. The molecule has 31 heavy (non-hydrogen) atoms. The highest BCUT2D eigenvalue weighted by molar-refractivity contribution is 6.20. The number of nitrogens with zero attached hydrogens (tertiary/aromatic N) is 2. The SMILES string of the molecule is C.Cc1cccc(NC(=O)NC2N=C(c3ccccc3)c3ccccc3N(C)C2=O)c1. The van der Waals surface area contributed by atoms with Gasteiger partial charge in [0.25, 0.3) is 5.91 Å². The number of carbonyl (C=O) groups is 2. The number of fused-ring (bicyclic) bond motifs is 1. The van der Waals surface area contributed by atoms with E-state index in [4.69, 9.17) is 0 Å². The number of aryl methyl sites for hydroxylation is 1. The number of amides is 3. The maximum atomic E-state index is 13.1. The maximum absolute atomic E-state index is 13.1. The van der Waals surface area contributed by atoms with Gasteiger partial charge >= 0.3 is 6.03 Å². The number of benzodiazepines with no additional fused rings is 1. The molecule has 0 aromatic heterocycles. The highest BCUT2D eigenvalue weighted by Crippen LogP contribution is 2.27. The summed E-state index contributed by atoms with van der Waals surface area (Å²) in [5.74, 6) is -0.312. The van der Waals surface area contributed by atoms with Gasteiger partial charge in [-0.05, 0) is 30.7 Å². The van der Waals surface area contributed by atoms with E-state index in [9.17, 15) is 9.59 Å². The van der Waals surface area contributed by atoms with Gasteiger partial charge in [0, 0.05) is 23.9 Å². The number of urea groups is 1. The molecule has 1 atom stereocenters. The lowest BCUT2D eigenvalue weighted by Crippen LogP contribution is -2.47. The zero-order valence-electron chi connectivity index (χ0n) is 16.8. The van der Waals surface area contributed by atoms with E-state index in [1.165, 1.54) is 4.90 Å². The summed E-state index contributed by atoms with van der Waals surface area (Å²) in [4.78, 5) is 31.9. The summed E-state index contributed by atoms with van der Waals surface area (Å²) in [5.41, 5.74) is 4.79. The molecule has 1 unspecified atom stereocenters. The average molecular weight is 415 g/mol. The Morgan fingerprint density at radius 2 is 1.68 bits per heavy atom. The van der Waals surface area contributed by atoms with E-state index in [2.05, 4.69) is 15.6 Å². The first-order chi connectivity index (χ1) is 14.5. The molecule has 6 nitrogen and oxygen atoms in total. The van der Waals surface area contributed by atoms with Crippen molar-refractivity contribution in [1.29, 1.82) is 0 Å². The second-order valence-electron chi connectivity index (χ2n) is 7.13. The molecule has 1 aliphatic rings. The number of likely N-dealkylation sites (N-methyl/N-ethyl adjacent to an activating group) is 1. The molecule has 1 aliphatic heterocycles. The Bertz CT molecular complexity index is 1130. The first-order valence-electron chi connectivity index (χ1n) is 9.67. The fourth-order valence-corrected chi connectivity index (χ4v) is 3.46. The van der Waals surface area contributed by atoms with Crippen LogP contribution in [0.3, 0.4) is 0 Å². The third-order valence-electron chi connectivity index (χ3n) is 4.93. The van der Waals surface area contributed by atoms with Crippen LogP contribution in [-0.4, -0.2) is 30.9 Å². The molecule has 0 bridgehead atoms. The number of hydrogen-bond acceptors (Lipinski definition) is 3. The minimum absolute atomic E-state index is 0. The highest BCUT2D eigenvalue weighted by Gasteiger charge is 2.30. The lowest BCUT2D eigenvalue weighted by atomic mass is 10.0. The standard InChI is InChI=1S/C24H22N4O2.CH4/c1-16-9-8-12-18(15-16)25-24(30)27-22-23(29)28(2)20-14-7-6-13-19(20)21(26-22)17-10-4-3-5-11-17;/h3-15,22H,1-2H3,(H2,25,27,30);1H4. The Morgan fingerprint density at radius 1 is 0.968 bits per heavy atom. The number of carbonyl (C=O) groups excluding carboxylic acids is 2. The molecule has 6 heteroatoms. The summed E-state index contributed by atoms with van der Waals surface area (Å²) >= 11 is 0. The van der Waals surface area contributed by atoms with Crippen molar-refractivity contribution in [3.05, 3.63) is 95.6 Å². The van der Waals surface area contributed by atoms with Crippen LogP contribution in [0.4, 0.5) is 16.2 Å². The van der Waals surface area contributed by atoms with Crippen molar-refractivity contribution in [3.63, 3.8) is 0 Å². The van der Waals surface area contributed by atoms with E-state index in [0.29, 0.717) is 11.4 Å². The summed E-state index contributed by atoms with van der Waals surface area (Å²) in [6.07, 6.45) is -1.05. The molecule has 0 fully saturated rings. The van der Waals surface area contributed by atoms with E-state index < -0.39 is 12.2 Å². The number of benzene rings is 3. The van der Waals surface area contributed by atoms with Gasteiger partial charge in [-0.3, -0.25) is 4.79 Å². The molecule has 3 aromatic carbocycles. The summed E-state index contributed by atoms with van der Waals surface area (Å²) in [6.45, 7) is 1.94. The zero-order chi connectivity index (χ0) is 21.1. The minimum atomic E-state index is -1.05. The number of para-hydroxylation sites is 1. The molecule has 0 radical (unpaired) electrons. The predicted molar refractivity (Wildman–Crippen MR) is 126 cm³/mol. The van der Waals surface area contributed by atoms with Crippen molar-refractivity contribution >= 4 is 29.0 Å². The van der Waals surface area contributed by atoms with Gasteiger partial charge in [0.15, 0.2) is 0 Å². The van der Waals surface area contributed by atoms with Crippen LogP contribution in [0.15, 0.2) is 83.9 Å². The molecule has 4 rings (SSSR count). The van der Waals surface area contributed by atoms with E-state index in [1.54, 1.807) is 13.1 Å². The molecule has 1 heterocycles. The van der Waals surface area contributed by atoms with Crippen LogP contribution in [0.5, 0.6) is 0 Å². The van der Waals surface area contributed by atoms with Gasteiger partial charge in [-0.25, -0.2) is 9.79 Å². The Kier molecular flexibility index (Phi) is 6.50. The summed E-state index contributed by atoms with van der Waals surface area (Å²) < 4.78 is 0. The normalized spacial score (nSPS) is 15.2. The van der Waals surface area contributed by atoms with E-state index in [0.717, 1.165) is 22.4 Å². The van der Waals surface area contributed by atoms with Crippen LogP contribution in [0, 0.1) is 6.92 Å². The summed E-state index contributed by atoms with van der Waals surface area (Å²) in [5, 5.41) is 5.48. The lowest BCUT2D eigenvalue weighted by molar-refractivity contribution is -0.119. The van der Waals surface area contributed by atoms with E-state index >= 15 is 0 Å². The van der Waals surface area contributed by atoms with Gasteiger partial charge in [0.05, 0.1) is 11.4 Å². The Hall–Kier alpha value is -3.93. The number of nitrogens with one attached hydrogen (secondary N) is 2. The quantitative estimate of drug-likeness (QED) is 0.658. The summed E-state index contributed by atoms with van der Waals surface area (Å²) in [6, 6.07) is 24.2.